The van der Waals surface area contributed by atoms with E-state index < -0.39 is 0 Å². The summed E-state index contributed by atoms with van der Waals surface area (Å²) in [5.74, 6) is 1.74. The van der Waals surface area contributed by atoms with Crippen molar-refractivity contribution < 1.29 is 4.42 Å². The van der Waals surface area contributed by atoms with Gasteiger partial charge >= 0.3 is 0 Å². The smallest absolute Gasteiger partial charge is 0.164 e. The van der Waals surface area contributed by atoms with Crippen LogP contribution in [0.5, 0.6) is 0 Å². The largest absolute Gasteiger partial charge is 0.456 e. The quantitative estimate of drug-likeness (QED) is 0.173. The van der Waals surface area contributed by atoms with Gasteiger partial charge in [-0.1, -0.05) is 146 Å². The number of rotatable bonds is 5. The zero-order valence-electron chi connectivity index (χ0n) is 34.9. The number of furan rings is 1. The van der Waals surface area contributed by atoms with Crippen molar-refractivity contribution in [3.8, 4) is 45.5 Å². The minimum atomic E-state index is 0.562. The van der Waals surface area contributed by atoms with E-state index in [0.29, 0.717) is 17.5 Å². The Balaban J connectivity index is 1.08. The van der Waals surface area contributed by atoms with Gasteiger partial charge in [0.05, 0.1) is 27.8 Å². The van der Waals surface area contributed by atoms with Gasteiger partial charge in [-0.3, -0.25) is 0 Å². The number of benzene rings is 10. The number of nitrogens with zero attached hydrogens (tertiary/aromatic N) is 5. The van der Waals surface area contributed by atoms with Crippen LogP contribution in [0.1, 0.15) is 0 Å². The molecular weight excluding hydrogens is 795 g/mol. The zero-order valence-corrected chi connectivity index (χ0v) is 34.9. The van der Waals surface area contributed by atoms with Gasteiger partial charge in [0.25, 0.3) is 0 Å². The summed E-state index contributed by atoms with van der Waals surface area (Å²) >= 11 is 0. The molecule has 65 heavy (non-hydrogen) atoms. The van der Waals surface area contributed by atoms with Crippen LogP contribution < -0.4 is 0 Å². The molecule has 0 atom stereocenters. The van der Waals surface area contributed by atoms with Crippen molar-refractivity contribution in [2.75, 3.05) is 0 Å². The molecule has 0 unspecified atom stereocenters. The van der Waals surface area contributed by atoms with Crippen LogP contribution in [0.3, 0.4) is 0 Å². The summed E-state index contributed by atoms with van der Waals surface area (Å²) in [5.41, 5.74) is 10.7. The second-order valence-electron chi connectivity index (χ2n) is 16.8. The molecule has 14 aromatic rings. The third-order valence-corrected chi connectivity index (χ3v) is 13.1. The first-order valence-electron chi connectivity index (χ1n) is 21.9. The average molecular weight is 830 g/mol. The van der Waals surface area contributed by atoms with Crippen molar-refractivity contribution in [1.82, 2.24) is 24.1 Å². The minimum absolute atomic E-state index is 0.562. The lowest BCUT2D eigenvalue weighted by Gasteiger charge is -2.13. The Morgan fingerprint density at radius 1 is 0.308 bits per heavy atom. The van der Waals surface area contributed by atoms with E-state index in [-0.39, 0.29) is 0 Å². The summed E-state index contributed by atoms with van der Waals surface area (Å²) in [4.78, 5) is 16.1. The molecule has 0 saturated carbocycles. The standard InChI is InChI=1S/C59H35N5O/c1-3-15-36(16-4-1)57-60-58(41-27-28-46-44-23-11-13-25-50(44)63(52(46)32-41)42-21-5-2-6-22-42)62-59(61-57)49-34-43(35-55-56(49)48-30-38-18-8-10-20-40(38)33-54(48)65-55)64-51-26-14-12-24-45(51)47-29-37-17-7-9-19-39(37)31-53(47)64/h1-35H. The van der Waals surface area contributed by atoms with Crippen molar-refractivity contribution in [3.05, 3.63) is 212 Å². The molecule has 302 valence electrons. The van der Waals surface area contributed by atoms with Crippen molar-refractivity contribution in [2.24, 2.45) is 0 Å². The molecule has 0 spiro atoms. The molecule has 0 aliphatic heterocycles. The van der Waals surface area contributed by atoms with Crippen LogP contribution in [0, 0.1) is 0 Å². The fraction of sp³-hybridized carbons (Fsp3) is 0. The number of hydrogen-bond acceptors (Lipinski definition) is 4. The Kier molecular flexibility index (Phi) is 7.59. The molecule has 0 aliphatic rings. The van der Waals surface area contributed by atoms with Gasteiger partial charge in [0, 0.05) is 60.8 Å². The summed E-state index contributed by atoms with van der Waals surface area (Å²) in [5, 5.41) is 11.3. The zero-order chi connectivity index (χ0) is 42.6. The molecule has 4 aromatic heterocycles. The molecule has 0 fully saturated rings. The SMILES string of the molecule is c1ccc(-c2nc(-c3ccc4c5ccccc5n(-c5ccccc5)c4c3)nc(-c3cc(-n4c5ccccc5c5cc6ccccc6cc54)cc4oc5cc6ccccc6cc5c34)n2)cc1. The van der Waals surface area contributed by atoms with Crippen molar-refractivity contribution in [3.63, 3.8) is 0 Å². The van der Waals surface area contributed by atoms with Crippen LogP contribution in [-0.4, -0.2) is 24.1 Å². The summed E-state index contributed by atoms with van der Waals surface area (Å²) in [6.07, 6.45) is 0. The molecule has 0 bridgehead atoms. The third kappa shape index (κ3) is 5.51. The number of aromatic nitrogens is 5. The highest BCUT2D eigenvalue weighted by atomic mass is 16.3. The second kappa shape index (κ2) is 13.8. The van der Waals surface area contributed by atoms with E-state index in [0.717, 1.165) is 88.2 Å². The van der Waals surface area contributed by atoms with Gasteiger partial charge in [-0.25, -0.2) is 15.0 Å². The Morgan fingerprint density at radius 3 is 1.55 bits per heavy atom. The van der Waals surface area contributed by atoms with E-state index in [4.69, 9.17) is 19.4 Å². The van der Waals surface area contributed by atoms with Gasteiger partial charge in [-0.2, -0.15) is 0 Å². The van der Waals surface area contributed by atoms with E-state index in [1.165, 1.54) is 26.9 Å². The maximum atomic E-state index is 6.93. The van der Waals surface area contributed by atoms with Crippen molar-refractivity contribution in [1.29, 1.82) is 0 Å². The van der Waals surface area contributed by atoms with E-state index in [9.17, 15) is 0 Å². The molecule has 4 heterocycles. The van der Waals surface area contributed by atoms with E-state index in [1.807, 2.05) is 18.2 Å². The van der Waals surface area contributed by atoms with Gasteiger partial charge in [-0.15, -0.1) is 0 Å². The molecular formula is C59H35N5O. The van der Waals surface area contributed by atoms with Crippen molar-refractivity contribution >= 4 is 87.1 Å². The first kappa shape index (κ1) is 35.7. The summed E-state index contributed by atoms with van der Waals surface area (Å²) in [6, 6.07) is 75.0. The second-order valence-corrected chi connectivity index (χ2v) is 16.8. The van der Waals surface area contributed by atoms with Crippen LogP contribution >= 0.6 is 0 Å². The van der Waals surface area contributed by atoms with E-state index >= 15 is 0 Å². The highest BCUT2D eigenvalue weighted by Crippen LogP contribution is 2.43. The summed E-state index contributed by atoms with van der Waals surface area (Å²) in [7, 11) is 0. The van der Waals surface area contributed by atoms with Gasteiger partial charge in [0.1, 0.15) is 11.2 Å². The summed E-state index contributed by atoms with van der Waals surface area (Å²) < 4.78 is 11.6. The number of hydrogen-bond donors (Lipinski definition) is 0. The minimum Gasteiger partial charge on any atom is -0.456 e. The average Bonchev–Trinajstić information content (AvgIpc) is 4.01. The lowest BCUT2D eigenvalue weighted by atomic mass is 10.0. The highest BCUT2D eigenvalue weighted by molar-refractivity contribution is 6.18. The predicted molar refractivity (Wildman–Crippen MR) is 267 cm³/mol. The van der Waals surface area contributed by atoms with Crippen LogP contribution in [-0.2, 0) is 0 Å². The molecule has 0 aliphatic carbocycles. The normalized spacial score (nSPS) is 12.0. The Labute approximate surface area is 371 Å². The highest BCUT2D eigenvalue weighted by Gasteiger charge is 2.23. The summed E-state index contributed by atoms with van der Waals surface area (Å²) in [6.45, 7) is 0. The first-order chi connectivity index (χ1) is 32.2. The maximum Gasteiger partial charge on any atom is 0.164 e. The first-order valence-corrected chi connectivity index (χ1v) is 21.9. The Morgan fingerprint density at radius 2 is 0.831 bits per heavy atom. The maximum absolute atomic E-state index is 6.93. The molecule has 6 nitrogen and oxygen atoms in total. The van der Waals surface area contributed by atoms with Crippen LogP contribution in [0.15, 0.2) is 217 Å². The lowest BCUT2D eigenvalue weighted by Crippen LogP contribution is -2.02. The van der Waals surface area contributed by atoms with E-state index in [1.54, 1.807) is 0 Å². The number of para-hydroxylation sites is 3. The predicted octanol–water partition coefficient (Wildman–Crippen LogP) is 15.3. The third-order valence-electron chi connectivity index (χ3n) is 13.1. The Bertz CT molecular complexity index is 4240. The topological polar surface area (TPSA) is 61.7 Å². The number of fused-ring (bicyclic) bond motifs is 11. The molecule has 0 saturated heterocycles. The van der Waals surface area contributed by atoms with Gasteiger partial charge in [0.15, 0.2) is 17.5 Å². The fourth-order valence-electron chi connectivity index (χ4n) is 10.1. The van der Waals surface area contributed by atoms with Gasteiger partial charge < -0.3 is 13.6 Å². The van der Waals surface area contributed by atoms with Gasteiger partial charge in [0.2, 0.25) is 0 Å². The molecule has 0 amide bonds. The van der Waals surface area contributed by atoms with E-state index in [2.05, 4.69) is 203 Å². The molecule has 0 radical (unpaired) electrons. The van der Waals surface area contributed by atoms with Crippen LogP contribution in [0.2, 0.25) is 0 Å². The van der Waals surface area contributed by atoms with Crippen LogP contribution in [0.25, 0.3) is 133 Å². The molecule has 10 aromatic carbocycles. The van der Waals surface area contributed by atoms with Crippen LogP contribution in [0.4, 0.5) is 0 Å². The molecule has 0 N–H and O–H groups in total. The van der Waals surface area contributed by atoms with Crippen molar-refractivity contribution in [2.45, 2.75) is 0 Å². The lowest BCUT2D eigenvalue weighted by molar-refractivity contribution is 0.669. The van der Waals surface area contributed by atoms with Gasteiger partial charge in [-0.05, 0) is 82.2 Å². The monoisotopic (exact) mass is 829 g/mol. The Hall–Kier alpha value is -8.87. The fourth-order valence-corrected chi connectivity index (χ4v) is 10.1. The molecule has 6 heteroatoms. The molecule has 14 rings (SSSR count).